The van der Waals surface area contributed by atoms with Crippen LogP contribution in [0.25, 0.3) is 5.65 Å². The summed E-state index contributed by atoms with van der Waals surface area (Å²) >= 11 is 1.34. The molecule has 3 aromatic rings. The van der Waals surface area contributed by atoms with Gasteiger partial charge in [0.05, 0.1) is 11.4 Å². The molecule has 1 N–H and O–H groups in total. The molecule has 0 saturated heterocycles. The second-order valence-electron chi connectivity index (χ2n) is 8.60. The second kappa shape index (κ2) is 10.4. The second-order valence-corrected chi connectivity index (χ2v) is 9.54. The number of hydrogen-bond donors (Lipinski definition) is 1. The number of thioether (sulfide) groups is 1. The molecule has 2 aromatic heterocycles. The molecule has 10 heteroatoms. The number of carbonyl (C=O) groups is 2. The van der Waals surface area contributed by atoms with Crippen molar-refractivity contribution >= 4 is 45.9 Å². The smallest absolute Gasteiger partial charge is 0.259 e. The molecular weight excluding hydrogens is 476 g/mol. The molecule has 4 heterocycles. The van der Waals surface area contributed by atoms with E-state index in [1.54, 1.807) is 23.2 Å². The van der Waals surface area contributed by atoms with Gasteiger partial charge in [-0.2, -0.15) is 0 Å². The summed E-state index contributed by atoms with van der Waals surface area (Å²) in [6.45, 7) is 2.71. The maximum absolute atomic E-state index is 13.4. The minimum Gasteiger partial charge on any atom is -0.356 e. The molecule has 1 aromatic carbocycles. The number of amides is 2. The number of hydrogen-bond acceptors (Lipinski definition) is 7. The lowest BCUT2D eigenvalue weighted by Crippen LogP contribution is -2.41. The van der Waals surface area contributed by atoms with Crippen molar-refractivity contribution in [2.45, 2.75) is 44.4 Å². The van der Waals surface area contributed by atoms with Crippen molar-refractivity contribution in [3.8, 4) is 0 Å². The largest absolute Gasteiger partial charge is 0.356 e. The van der Waals surface area contributed by atoms with Gasteiger partial charge in [-0.1, -0.05) is 43.3 Å². The highest BCUT2D eigenvalue weighted by Gasteiger charge is 2.41. The first-order valence-electron chi connectivity index (χ1n) is 12.0. The molecular formula is C26H26N6O3S. The summed E-state index contributed by atoms with van der Waals surface area (Å²) in [6, 6.07) is 13.8. The van der Waals surface area contributed by atoms with Crippen molar-refractivity contribution < 1.29 is 9.59 Å². The standard InChI is InChI=1S/C26H26N6O3S/c1-2-3-13-27-22(33)12-11-20-25(35)32-24(29-20)18-8-4-5-9-19(18)30-26(32)36-16-17-15-23(34)31-14-7-6-10-21(31)28-17/h4-10,14-15,20H,2-3,11-13,16H2,1H3,(H,27,33)/t20-/m0/s1. The van der Waals surface area contributed by atoms with Crippen LogP contribution in [-0.4, -0.2) is 49.7 Å². The number of aromatic nitrogens is 2. The number of benzene rings is 1. The number of para-hydroxylation sites is 1. The van der Waals surface area contributed by atoms with Gasteiger partial charge < -0.3 is 5.32 Å². The van der Waals surface area contributed by atoms with Crippen molar-refractivity contribution in [2.75, 3.05) is 6.54 Å². The monoisotopic (exact) mass is 502 g/mol. The van der Waals surface area contributed by atoms with E-state index in [0.717, 1.165) is 24.1 Å². The van der Waals surface area contributed by atoms with Gasteiger partial charge >= 0.3 is 0 Å². The number of fused-ring (bicyclic) bond motifs is 4. The molecule has 0 bridgehead atoms. The molecule has 0 saturated carbocycles. The quantitative estimate of drug-likeness (QED) is 0.476. The van der Waals surface area contributed by atoms with Crippen molar-refractivity contribution in [3.05, 3.63) is 76.3 Å². The minimum atomic E-state index is -0.641. The summed E-state index contributed by atoms with van der Waals surface area (Å²) < 4.78 is 1.49. The first-order chi connectivity index (χ1) is 17.5. The Bertz CT molecular complexity index is 1450. The van der Waals surface area contributed by atoms with Crippen LogP contribution in [0.5, 0.6) is 0 Å². The summed E-state index contributed by atoms with van der Waals surface area (Å²) in [7, 11) is 0. The fourth-order valence-corrected chi connectivity index (χ4v) is 5.06. The molecule has 2 aliphatic rings. The molecule has 0 radical (unpaired) electrons. The zero-order valence-electron chi connectivity index (χ0n) is 19.9. The Morgan fingerprint density at radius 1 is 1.14 bits per heavy atom. The van der Waals surface area contributed by atoms with Gasteiger partial charge in [0.1, 0.15) is 17.5 Å². The topological polar surface area (TPSA) is 108 Å². The van der Waals surface area contributed by atoms with E-state index in [4.69, 9.17) is 9.98 Å². The van der Waals surface area contributed by atoms with Crippen LogP contribution in [0.1, 0.15) is 43.9 Å². The highest BCUT2D eigenvalue weighted by atomic mass is 32.2. The lowest BCUT2D eigenvalue weighted by Gasteiger charge is -2.25. The zero-order valence-corrected chi connectivity index (χ0v) is 20.7. The van der Waals surface area contributed by atoms with Crippen LogP contribution >= 0.6 is 11.8 Å². The van der Waals surface area contributed by atoms with Gasteiger partial charge in [0.25, 0.3) is 11.5 Å². The van der Waals surface area contributed by atoms with Crippen LogP contribution < -0.4 is 10.9 Å². The number of aliphatic imine (C=N–C) groups is 2. The molecule has 5 rings (SSSR count). The van der Waals surface area contributed by atoms with E-state index in [2.05, 4.69) is 17.2 Å². The Labute approximate surface area is 212 Å². The van der Waals surface area contributed by atoms with Crippen molar-refractivity contribution in [1.82, 2.24) is 19.6 Å². The molecule has 0 spiro atoms. The van der Waals surface area contributed by atoms with E-state index >= 15 is 0 Å². The van der Waals surface area contributed by atoms with Crippen molar-refractivity contribution in [3.63, 3.8) is 0 Å². The summed E-state index contributed by atoms with van der Waals surface area (Å²) in [5.74, 6) is 0.650. The van der Waals surface area contributed by atoms with E-state index in [1.165, 1.54) is 22.2 Å². The molecule has 2 aliphatic heterocycles. The van der Waals surface area contributed by atoms with Crippen LogP contribution in [0.4, 0.5) is 5.69 Å². The molecule has 36 heavy (non-hydrogen) atoms. The fraction of sp³-hybridized carbons (Fsp3) is 0.308. The Balaban J connectivity index is 1.36. The van der Waals surface area contributed by atoms with Crippen molar-refractivity contribution in [1.29, 1.82) is 0 Å². The highest BCUT2D eigenvalue weighted by molar-refractivity contribution is 8.13. The Morgan fingerprint density at radius 3 is 2.83 bits per heavy atom. The van der Waals surface area contributed by atoms with Crippen LogP contribution in [0, 0.1) is 0 Å². The van der Waals surface area contributed by atoms with E-state index < -0.39 is 6.04 Å². The van der Waals surface area contributed by atoms with E-state index in [9.17, 15) is 14.4 Å². The Morgan fingerprint density at radius 2 is 1.97 bits per heavy atom. The van der Waals surface area contributed by atoms with Gasteiger partial charge in [-0.15, -0.1) is 0 Å². The third-order valence-corrected chi connectivity index (χ3v) is 6.99. The Hall–Kier alpha value is -3.79. The number of amidine groups is 2. The molecule has 2 amide bonds. The van der Waals surface area contributed by atoms with Crippen LogP contribution in [-0.2, 0) is 15.3 Å². The lowest BCUT2D eigenvalue weighted by molar-refractivity contribution is -0.125. The van der Waals surface area contributed by atoms with Gasteiger partial charge in [0, 0.05) is 36.5 Å². The third kappa shape index (κ3) is 4.81. The van der Waals surface area contributed by atoms with Gasteiger partial charge in [0.15, 0.2) is 5.17 Å². The number of nitrogens with zero attached hydrogens (tertiary/aromatic N) is 5. The first-order valence-corrected chi connectivity index (χ1v) is 13.0. The van der Waals surface area contributed by atoms with Gasteiger partial charge in [-0.25, -0.2) is 14.9 Å². The lowest BCUT2D eigenvalue weighted by atomic mass is 10.1. The summed E-state index contributed by atoms with van der Waals surface area (Å²) in [5, 5.41) is 3.38. The van der Waals surface area contributed by atoms with Gasteiger partial charge in [0.2, 0.25) is 5.91 Å². The fourth-order valence-electron chi connectivity index (χ4n) is 4.16. The van der Waals surface area contributed by atoms with E-state index in [0.29, 0.717) is 41.1 Å². The molecule has 184 valence electrons. The third-order valence-electron chi connectivity index (χ3n) is 6.02. The Kier molecular flexibility index (Phi) is 6.95. The van der Waals surface area contributed by atoms with Crippen LogP contribution in [0.2, 0.25) is 0 Å². The molecule has 1 atom stereocenters. The minimum absolute atomic E-state index is 0.0707. The predicted molar refractivity (Wildman–Crippen MR) is 141 cm³/mol. The SMILES string of the molecule is CCCCNC(=O)CC[C@@H]1N=C2c3ccccc3N=C(SCc3cc(=O)n4ccccc4n3)N2C1=O. The maximum Gasteiger partial charge on any atom is 0.259 e. The van der Waals surface area contributed by atoms with E-state index in [-0.39, 0.29) is 23.8 Å². The number of rotatable bonds is 8. The number of unbranched alkanes of at least 4 members (excludes halogenated alkanes) is 1. The van der Waals surface area contributed by atoms with Crippen LogP contribution in [0.3, 0.4) is 0 Å². The molecule has 9 nitrogen and oxygen atoms in total. The summed E-state index contributed by atoms with van der Waals surface area (Å²) in [4.78, 5) is 53.6. The van der Waals surface area contributed by atoms with E-state index in [1.807, 2.05) is 30.3 Å². The summed E-state index contributed by atoms with van der Waals surface area (Å²) in [5.41, 5.74) is 2.51. The summed E-state index contributed by atoms with van der Waals surface area (Å²) in [6.07, 6.45) is 4.18. The zero-order chi connectivity index (χ0) is 25.1. The maximum atomic E-state index is 13.4. The predicted octanol–water partition coefficient (Wildman–Crippen LogP) is 3.28. The highest BCUT2D eigenvalue weighted by Crippen LogP contribution is 2.34. The number of pyridine rings is 1. The van der Waals surface area contributed by atoms with Gasteiger partial charge in [-0.05, 0) is 37.1 Å². The molecule has 0 unspecified atom stereocenters. The molecule has 0 aliphatic carbocycles. The number of nitrogens with one attached hydrogen (secondary N) is 1. The molecule has 0 fully saturated rings. The van der Waals surface area contributed by atoms with Crippen LogP contribution in [0.15, 0.2) is 69.5 Å². The van der Waals surface area contributed by atoms with Crippen molar-refractivity contribution in [2.24, 2.45) is 9.98 Å². The first kappa shape index (κ1) is 23.9. The normalized spacial score (nSPS) is 16.4. The average Bonchev–Trinajstić information content (AvgIpc) is 3.23. The number of carbonyl (C=O) groups excluding carboxylic acids is 2. The average molecular weight is 503 g/mol. The van der Waals surface area contributed by atoms with Gasteiger partial charge in [-0.3, -0.25) is 23.8 Å².